The van der Waals surface area contributed by atoms with Gasteiger partial charge < -0.3 is 20.4 Å². The first-order valence-electron chi connectivity index (χ1n) is 10.2. The van der Waals surface area contributed by atoms with E-state index in [0.717, 1.165) is 51.1 Å². The number of hydrogen-bond donors (Lipinski definition) is 2. The maximum atomic E-state index is 12.4. The van der Waals surface area contributed by atoms with Crippen molar-refractivity contribution in [2.75, 3.05) is 50.0 Å². The van der Waals surface area contributed by atoms with Gasteiger partial charge in [-0.25, -0.2) is 0 Å². The quantitative estimate of drug-likeness (QED) is 0.688. The smallest absolute Gasteiger partial charge is 0.228 e. The third-order valence-corrected chi connectivity index (χ3v) is 5.55. The molecule has 1 saturated carbocycles. The van der Waals surface area contributed by atoms with Crippen LogP contribution in [-0.2, 0) is 9.59 Å². The van der Waals surface area contributed by atoms with E-state index in [-0.39, 0.29) is 23.7 Å². The first-order valence-corrected chi connectivity index (χ1v) is 10.2. The van der Waals surface area contributed by atoms with E-state index in [1.165, 1.54) is 5.69 Å². The van der Waals surface area contributed by atoms with Gasteiger partial charge in [0.15, 0.2) is 0 Å². The number of anilines is 2. The second-order valence-electron chi connectivity index (χ2n) is 7.77. The highest BCUT2D eigenvalue weighted by Gasteiger charge is 2.47. The van der Waals surface area contributed by atoms with Crippen LogP contribution in [0.2, 0.25) is 0 Å². The van der Waals surface area contributed by atoms with E-state index in [1.807, 2.05) is 12.1 Å². The molecule has 2 unspecified atom stereocenters. The number of carbonyl (C=O) groups excluding carboxylic acids is 2. The summed E-state index contributed by atoms with van der Waals surface area (Å²) in [4.78, 5) is 29.2. The Balaban J connectivity index is 1.43. The van der Waals surface area contributed by atoms with Gasteiger partial charge >= 0.3 is 0 Å². The fourth-order valence-electron chi connectivity index (χ4n) is 3.55. The molecule has 1 saturated heterocycles. The number of unbranched alkanes of at least 4 members (excludes halogenated alkanes) is 2. The van der Waals surface area contributed by atoms with Gasteiger partial charge in [0.2, 0.25) is 11.8 Å². The van der Waals surface area contributed by atoms with Crippen LogP contribution in [0.3, 0.4) is 0 Å². The van der Waals surface area contributed by atoms with Crippen molar-refractivity contribution in [1.82, 2.24) is 10.2 Å². The fourth-order valence-corrected chi connectivity index (χ4v) is 3.55. The highest BCUT2D eigenvalue weighted by molar-refractivity contribution is 5.99. The number of hydrogen-bond acceptors (Lipinski definition) is 4. The number of nitrogens with one attached hydrogen (secondary N) is 2. The Morgan fingerprint density at radius 2 is 1.67 bits per heavy atom. The van der Waals surface area contributed by atoms with Crippen molar-refractivity contribution in [3.05, 3.63) is 24.3 Å². The number of carbonyl (C=O) groups is 2. The number of nitrogens with zero attached hydrogens (tertiary/aromatic N) is 2. The van der Waals surface area contributed by atoms with Gasteiger partial charge in [-0.1, -0.05) is 19.8 Å². The molecule has 148 valence electrons. The predicted molar refractivity (Wildman–Crippen MR) is 109 cm³/mol. The van der Waals surface area contributed by atoms with Gasteiger partial charge in [-0.3, -0.25) is 9.59 Å². The van der Waals surface area contributed by atoms with E-state index in [4.69, 9.17) is 0 Å². The van der Waals surface area contributed by atoms with Crippen molar-refractivity contribution in [3.63, 3.8) is 0 Å². The largest absolute Gasteiger partial charge is 0.369 e. The molecule has 0 radical (unpaired) electrons. The summed E-state index contributed by atoms with van der Waals surface area (Å²) >= 11 is 0. The van der Waals surface area contributed by atoms with E-state index < -0.39 is 0 Å². The Morgan fingerprint density at radius 3 is 2.33 bits per heavy atom. The topological polar surface area (TPSA) is 64.7 Å². The van der Waals surface area contributed by atoms with Gasteiger partial charge in [-0.05, 0) is 44.2 Å². The maximum absolute atomic E-state index is 12.4. The summed E-state index contributed by atoms with van der Waals surface area (Å²) < 4.78 is 0. The van der Waals surface area contributed by atoms with Crippen LogP contribution >= 0.6 is 0 Å². The standard InChI is InChI=1S/C21H32N4O2/c1-3-4-5-10-22-20(26)18-15-19(18)21(27)23-16-6-8-17(9-7-16)25-13-11-24(2)12-14-25/h6-9,18-19H,3-5,10-15H2,1-2H3,(H,22,26)(H,23,27). The van der Waals surface area contributed by atoms with Crippen molar-refractivity contribution in [2.45, 2.75) is 32.6 Å². The summed E-state index contributed by atoms with van der Waals surface area (Å²) in [7, 11) is 2.15. The third kappa shape index (κ3) is 5.45. The summed E-state index contributed by atoms with van der Waals surface area (Å²) in [5.74, 6) is -0.363. The molecule has 3 rings (SSSR count). The molecule has 2 fully saturated rings. The Morgan fingerprint density at radius 1 is 1.00 bits per heavy atom. The molecule has 0 aromatic heterocycles. The van der Waals surface area contributed by atoms with Gasteiger partial charge in [-0.2, -0.15) is 0 Å². The van der Waals surface area contributed by atoms with E-state index in [0.29, 0.717) is 13.0 Å². The fraction of sp³-hybridized carbons (Fsp3) is 0.619. The van der Waals surface area contributed by atoms with Gasteiger partial charge in [0.25, 0.3) is 0 Å². The van der Waals surface area contributed by atoms with Crippen LogP contribution in [0, 0.1) is 11.8 Å². The van der Waals surface area contributed by atoms with Crippen molar-refractivity contribution in [3.8, 4) is 0 Å². The highest BCUT2D eigenvalue weighted by Crippen LogP contribution is 2.39. The lowest BCUT2D eigenvalue weighted by molar-refractivity contribution is -0.125. The molecule has 2 N–H and O–H groups in total. The monoisotopic (exact) mass is 372 g/mol. The summed E-state index contributed by atoms with van der Waals surface area (Å²) in [6.45, 7) is 7.05. The van der Waals surface area contributed by atoms with E-state index in [9.17, 15) is 9.59 Å². The minimum absolute atomic E-state index is 0.0247. The zero-order valence-corrected chi connectivity index (χ0v) is 16.5. The van der Waals surface area contributed by atoms with Crippen molar-refractivity contribution in [2.24, 2.45) is 11.8 Å². The minimum Gasteiger partial charge on any atom is -0.369 e. The van der Waals surface area contributed by atoms with Gasteiger partial charge in [0, 0.05) is 44.1 Å². The van der Waals surface area contributed by atoms with Crippen molar-refractivity contribution < 1.29 is 9.59 Å². The van der Waals surface area contributed by atoms with Crippen LogP contribution in [0.15, 0.2) is 24.3 Å². The highest BCUT2D eigenvalue weighted by atomic mass is 16.2. The maximum Gasteiger partial charge on any atom is 0.228 e. The van der Waals surface area contributed by atoms with E-state index >= 15 is 0 Å². The summed E-state index contributed by atoms with van der Waals surface area (Å²) in [6, 6.07) is 8.03. The van der Waals surface area contributed by atoms with Crippen LogP contribution in [0.25, 0.3) is 0 Å². The second-order valence-corrected chi connectivity index (χ2v) is 7.77. The summed E-state index contributed by atoms with van der Waals surface area (Å²) in [5.41, 5.74) is 1.99. The Hall–Kier alpha value is -2.08. The van der Waals surface area contributed by atoms with Gasteiger partial charge in [-0.15, -0.1) is 0 Å². The van der Waals surface area contributed by atoms with Crippen molar-refractivity contribution in [1.29, 1.82) is 0 Å². The lowest BCUT2D eigenvalue weighted by atomic mass is 10.2. The normalized spacial score (nSPS) is 22.4. The third-order valence-electron chi connectivity index (χ3n) is 5.55. The number of amides is 2. The number of piperazine rings is 1. The Labute approximate surface area is 162 Å². The molecular formula is C21H32N4O2. The van der Waals surface area contributed by atoms with Gasteiger partial charge in [0.05, 0.1) is 11.8 Å². The molecule has 1 heterocycles. The number of benzene rings is 1. The molecule has 6 heteroatoms. The average Bonchev–Trinajstić information content (AvgIpc) is 3.48. The average molecular weight is 373 g/mol. The van der Waals surface area contributed by atoms with Crippen LogP contribution in [0.4, 0.5) is 11.4 Å². The molecule has 6 nitrogen and oxygen atoms in total. The summed E-state index contributed by atoms with van der Waals surface area (Å²) in [6.07, 6.45) is 3.92. The van der Waals surface area contributed by atoms with E-state index in [1.54, 1.807) is 0 Å². The lowest BCUT2D eigenvalue weighted by Crippen LogP contribution is -2.44. The Bertz CT molecular complexity index is 638. The molecule has 2 amide bonds. The molecule has 1 aromatic rings. The first-order chi connectivity index (χ1) is 13.1. The van der Waals surface area contributed by atoms with Crippen LogP contribution < -0.4 is 15.5 Å². The molecule has 27 heavy (non-hydrogen) atoms. The van der Waals surface area contributed by atoms with Crippen LogP contribution in [0.5, 0.6) is 0 Å². The molecule has 2 aliphatic rings. The van der Waals surface area contributed by atoms with E-state index in [2.05, 4.69) is 46.5 Å². The van der Waals surface area contributed by atoms with Gasteiger partial charge in [0.1, 0.15) is 0 Å². The summed E-state index contributed by atoms with van der Waals surface area (Å²) in [5, 5.41) is 5.90. The van der Waals surface area contributed by atoms with Crippen molar-refractivity contribution >= 4 is 23.2 Å². The van der Waals surface area contributed by atoms with Crippen LogP contribution in [-0.4, -0.2) is 56.5 Å². The first kappa shape index (κ1) is 19.7. The minimum atomic E-state index is -0.187. The molecule has 0 bridgehead atoms. The molecule has 0 spiro atoms. The molecule has 1 aliphatic carbocycles. The Kier molecular flexibility index (Phi) is 6.72. The van der Waals surface area contributed by atoms with Crippen LogP contribution in [0.1, 0.15) is 32.6 Å². The lowest BCUT2D eigenvalue weighted by Gasteiger charge is -2.34. The second kappa shape index (κ2) is 9.22. The molecule has 1 aromatic carbocycles. The zero-order chi connectivity index (χ0) is 19.2. The number of likely N-dealkylation sites (N-methyl/N-ethyl adjacent to an activating group) is 1. The molecular weight excluding hydrogens is 340 g/mol. The SMILES string of the molecule is CCCCCNC(=O)C1CC1C(=O)Nc1ccc(N2CCN(C)CC2)cc1. The zero-order valence-electron chi connectivity index (χ0n) is 16.5. The predicted octanol–water partition coefficient (Wildman–Crippen LogP) is 2.32. The molecule has 1 aliphatic heterocycles. The number of rotatable bonds is 8. The molecule has 2 atom stereocenters.